The SMILES string of the molecule is CC.O=C(O)c1cccc(=O)n1O. The van der Waals surface area contributed by atoms with Crippen LogP contribution in [0.25, 0.3) is 0 Å². The molecular formula is C8H11NO4. The summed E-state index contributed by atoms with van der Waals surface area (Å²) in [7, 11) is 0. The van der Waals surface area contributed by atoms with Gasteiger partial charge >= 0.3 is 5.97 Å². The summed E-state index contributed by atoms with van der Waals surface area (Å²) in [5.74, 6) is -1.34. The van der Waals surface area contributed by atoms with Gasteiger partial charge in [-0.25, -0.2) is 4.79 Å². The van der Waals surface area contributed by atoms with Crippen molar-refractivity contribution in [2.75, 3.05) is 0 Å². The lowest BCUT2D eigenvalue weighted by atomic mass is 10.3. The molecule has 72 valence electrons. The lowest BCUT2D eigenvalue weighted by molar-refractivity contribution is 0.0634. The Labute approximate surface area is 74.8 Å². The topological polar surface area (TPSA) is 79.5 Å². The van der Waals surface area contributed by atoms with E-state index in [-0.39, 0.29) is 4.73 Å². The van der Waals surface area contributed by atoms with Crippen LogP contribution in [0.5, 0.6) is 0 Å². The van der Waals surface area contributed by atoms with Gasteiger partial charge in [-0.2, -0.15) is 0 Å². The number of aromatic nitrogens is 1. The number of nitrogens with zero attached hydrogens (tertiary/aromatic N) is 1. The largest absolute Gasteiger partial charge is 0.476 e. The Hall–Kier alpha value is -1.78. The summed E-state index contributed by atoms with van der Waals surface area (Å²) in [5, 5.41) is 17.2. The van der Waals surface area contributed by atoms with E-state index in [2.05, 4.69) is 0 Å². The third-order valence-corrected chi connectivity index (χ3v) is 1.15. The van der Waals surface area contributed by atoms with E-state index in [9.17, 15) is 9.59 Å². The standard InChI is InChI=1S/C6H5NO4.C2H6/c8-5-3-1-2-4(6(9)10)7(5)11;1-2/h1-3,11H,(H,9,10);1-2H3. The molecule has 0 amide bonds. The van der Waals surface area contributed by atoms with Crippen molar-refractivity contribution in [3.05, 3.63) is 34.2 Å². The van der Waals surface area contributed by atoms with Crippen LogP contribution >= 0.6 is 0 Å². The molecule has 1 rings (SSSR count). The van der Waals surface area contributed by atoms with E-state index in [4.69, 9.17) is 10.3 Å². The van der Waals surface area contributed by atoms with Crippen molar-refractivity contribution in [2.45, 2.75) is 13.8 Å². The number of aromatic carboxylic acids is 1. The van der Waals surface area contributed by atoms with Crippen molar-refractivity contribution >= 4 is 5.97 Å². The van der Waals surface area contributed by atoms with E-state index in [0.29, 0.717) is 0 Å². The minimum absolute atomic E-state index is 0.0856. The monoisotopic (exact) mass is 185 g/mol. The van der Waals surface area contributed by atoms with Crippen LogP contribution in [0.3, 0.4) is 0 Å². The highest BCUT2D eigenvalue weighted by Crippen LogP contribution is 1.91. The molecule has 0 spiro atoms. The summed E-state index contributed by atoms with van der Waals surface area (Å²) in [4.78, 5) is 20.8. The molecule has 5 nitrogen and oxygen atoms in total. The summed E-state index contributed by atoms with van der Waals surface area (Å²) in [5.41, 5.74) is -1.21. The van der Waals surface area contributed by atoms with E-state index in [1.54, 1.807) is 0 Å². The van der Waals surface area contributed by atoms with Crippen LogP contribution in [0.4, 0.5) is 0 Å². The van der Waals surface area contributed by atoms with Crippen LogP contribution in [-0.4, -0.2) is 21.0 Å². The molecule has 2 N–H and O–H groups in total. The lowest BCUT2D eigenvalue weighted by Gasteiger charge is -1.98. The Balaban J connectivity index is 0.000000671. The molecule has 0 aliphatic carbocycles. The molecule has 0 atom stereocenters. The fourth-order valence-electron chi connectivity index (χ4n) is 0.643. The smallest absolute Gasteiger partial charge is 0.356 e. The van der Waals surface area contributed by atoms with Gasteiger partial charge in [-0.1, -0.05) is 19.9 Å². The summed E-state index contributed by atoms with van der Waals surface area (Å²) in [6.07, 6.45) is 0. The second-order valence-electron chi connectivity index (χ2n) is 1.87. The number of carboxylic acid groups (broad SMARTS) is 1. The van der Waals surface area contributed by atoms with Crippen LogP contribution in [0.1, 0.15) is 24.3 Å². The lowest BCUT2D eigenvalue weighted by Crippen LogP contribution is -2.22. The zero-order valence-corrected chi connectivity index (χ0v) is 7.39. The van der Waals surface area contributed by atoms with Crippen LogP contribution in [0.2, 0.25) is 0 Å². The van der Waals surface area contributed by atoms with Gasteiger partial charge in [-0.05, 0) is 6.07 Å². The summed E-state index contributed by atoms with van der Waals surface area (Å²) < 4.78 is 0.0856. The predicted molar refractivity (Wildman–Crippen MR) is 46.2 cm³/mol. The molecule has 0 aliphatic rings. The van der Waals surface area contributed by atoms with Crippen molar-refractivity contribution in [1.29, 1.82) is 0 Å². The summed E-state index contributed by atoms with van der Waals surface area (Å²) >= 11 is 0. The Morgan fingerprint density at radius 2 is 1.92 bits per heavy atom. The third kappa shape index (κ3) is 2.62. The van der Waals surface area contributed by atoms with Gasteiger partial charge < -0.3 is 10.3 Å². The first-order valence-corrected chi connectivity index (χ1v) is 3.77. The zero-order chi connectivity index (χ0) is 10.4. The molecule has 0 unspecified atom stereocenters. The van der Waals surface area contributed by atoms with E-state index >= 15 is 0 Å². The molecule has 0 aliphatic heterocycles. The maximum Gasteiger partial charge on any atom is 0.356 e. The quantitative estimate of drug-likeness (QED) is 0.634. The van der Waals surface area contributed by atoms with Crippen LogP contribution in [0.15, 0.2) is 23.0 Å². The molecule has 5 heteroatoms. The molecule has 0 fully saturated rings. The van der Waals surface area contributed by atoms with E-state index < -0.39 is 17.2 Å². The minimum atomic E-state index is -1.34. The van der Waals surface area contributed by atoms with Crippen molar-refractivity contribution in [2.24, 2.45) is 0 Å². The van der Waals surface area contributed by atoms with Crippen LogP contribution in [0, 0.1) is 0 Å². The van der Waals surface area contributed by atoms with Crippen molar-refractivity contribution in [3.8, 4) is 0 Å². The molecule has 0 radical (unpaired) electrons. The minimum Gasteiger partial charge on any atom is -0.476 e. The van der Waals surface area contributed by atoms with Crippen LogP contribution < -0.4 is 5.56 Å². The molecular weight excluding hydrogens is 174 g/mol. The highest BCUT2D eigenvalue weighted by atomic mass is 16.5. The highest BCUT2D eigenvalue weighted by Gasteiger charge is 2.07. The second-order valence-corrected chi connectivity index (χ2v) is 1.87. The third-order valence-electron chi connectivity index (χ3n) is 1.15. The first kappa shape index (κ1) is 11.2. The summed E-state index contributed by atoms with van der Waals surface area (Å²) in [6, 6.07) is 3.45. The summed E-state index contributed by atoms with van der Waals surface area (Å²) in [6.45, 7) is 4.00. The van der Waals surface area contributed by atoms with E-state index in [1.165, 1.54) is 6.07 Å². The normalized spacial score (nSPS) is 8.46. The van der Waals surface area contributed by atoms with Gasteiger partial charge in [0.05, 0.1) is 0 Å². The molecule has 13 heavy (non-hydrogen) atoms. The number of hydrogen-bond donors (Lipinski definition) is 2. The molecule has 0 saturated heterocycles. The molecule has 0 saturated carbocycles. The van der Waals surface area contributed by atoms with Gasteiger partial charge in [0.15, 0.2) is 5.69 Å². The Bertz CT molecular complexity index is 342. The van der Waals surface area contributed by atoms with Gasteiger partial charge in [0.2, 0.25) is 0 Å². The Morgan fingerprint density at radius 1 is 1.38 bits per heavy atom. The molecule has 1 aromatic heterocycles. The molecule has 0 bridgehead atoms. The Morgan fingerprint density at radius 3 is 2.31 bits per heavy atom. The van der Waals surface area contributed by atoms with Crippen LogP contribution in [-0.2, 0) is 0 Å². The predicted octanol–water partition coefficient (Wildman–Crippen LogP) is 0.810. The van der Waals surface area contributed by atoms with Crippen molar-refractivity contribution < 1.29 is 15.1 Å². The average Bonchev–Trinajstić information content (AvgIpc) is 2.13. The van der Waals surface area contributed by atoms with Crippen molar-refractivity contribution in [3.63, 3.8) is 0 Å². The van der Waals surface area contributed by atoms with Gasteiger partial charge in [-0.15, -0.1) is 4.73 Å². The fourth-order valence-corrected chi connectivity index (χ4v) is 0.643. The number of pyridine rings is 1. The Kier molecular flexibility index (Phi) is 4.29. The van der Waals surface area contributed by atoms with Crippen molar-refractivity contribution in [1.82, 2.24) is 4.73 Å². The van der Waals surface area contributed by atoms with Gasteiger partial charge in [0, 0.05) is 6.07 Å². The van der Waals surface area contributed by atoms with Gasteiger partial charge in [-0.3, -0.25) is 4.79 Å². The number of rotatable bonds is 1. The number of carbonyl (C=O) groups is 1. The first-order chi connectivity index (χ1) is 6.13. The first-order valence-electron chi connectivity index (χ1n) is 3.77. The zero-order valence-electron chi connectivity index (χ0n) is 7.39. The van der Waals surface area contributed by atoms with E-state index in [0.717, 1.165) is 12.1 Å². The molecule has 0 aromatic carbocycles. The number of hydrogen-bond acceptors (Lipinski definition) is 3. The average molecular weight is 185 g/mol. The molecule has 1 aromatic rings. The van der Waals surface area contributed by atoms with Gasteiger partial charge in [0.1, 0.15) is 0 Å². The van der Waals surface area contributed by atoms with Gasteiger partial charge in [0.25, 0.3) is 5.56 Å². The fraction of sp³-hybridized carbons (Fsp3) is 0.250. The maximum atomic E-state index is 10.6. The number of carboxylic acids is 1. The highest BCUT2D eigenvalue weighted by molar-refractivity contribution is 5.85. The molecule has 1 heterocycles. The second kappa shape index (κ2) is 4.97. The van der Waals surface area contributed by atoms with E-state index in [1.807, 2.05) is 13.8 Å². The maximum absolute atomic E-state index is 10.6.